The highest BCUT2D eigenvalue weighted by molar-refractivity contribution is 4.90. The summed E-state index contributed by atoms with van der Waals surface area (Å²) in [5.74, 6) is 0. The first-order chi connectivity index (χ1) is 8.64. The summed E-state index contributed by atoms with van der Waals surface area (Å²) in [6, 6.07) is 0. The van der Waals surface area contributed by atoms with Crippen molar-refractivity contribution in [3.63, 3.8) is 0 Å². The highest BCUT2D eigenvalue weighted by Crippen LogP contribution is 2.29. The fourth-order valence-electron chi connectivity index (χ4n) is 3.03. The summed E-state index contributed by atoms with van der Waals surface area (Å²) in [4.78, 5) is 2.49. The van der Waals surface area contributed by atoms with Crippen LogP contribution in [0.25, 0.3) is 0 Å². The van der Waals surface area contributed by atoms with Crippen molar-refractivity contribution < 1.29 is 9.47 Å². The van der Waals surface area contributed by atoms with E-state index >= 15 is 0 Å². The number of methoxy groups -OCH3 is 2. The van der Waals surface area contributed by atoms with Crippen molar-refractivity contribution in [2.75, 3.05) is 47.4 Å². The second-order valence-electron chi connectivity index (χ2n) is 5.48. The van der Waals surface area contributed by atoms with E-state index in [9.17, 15) is 0 Å². The van der Waals surface area contributed by atoms with Crippen LogP contribution in [0.15, 0.2) is 0 Å². The molecule has 0 aromatic rings. The zero-order valence-electron chi connectivity index (χ0n) is 12.7. The van der Waals surface area contributed by atoms with Gasteiger partial charge in [0.25, 0.3) is 0 Å². The van der Waals surface area contributed by atoms with Crippen molar-refractivity contribution >= 4 is 0 Å². The minimum absolute atomic E-state index is 0.219. The van der Waals surface area contributed by atoms with E-state index in [1.54, 1.807) is 14.2 Å². The molecule has 108 valence electrons. The van der Waals surface area contributed by atoms with Crippen molar-refractivity contribution in [2.24, 2.45) is 5.41 Å². The Hall–Kier alpha value is -0.160. The third-order valence-electron chi connectivity index (χ3n) is 4.51. The van der Waals surface area contributed by atoms with Gasteiger partial charge in [0.05, 0.1) is 12.2 Å². The van der Waals surface area contributed by atoms with Gasteiger partial charge in [0.2, 0.25) is 0 Å². The summed E-state index contributed by atoms with van der Waals surface area (Å²) in [7, 11) is 5.60. The van der Waals surface area contributed by atoms with E-state index in [0.29, 0.717) is 5.41 Å². The molecule has 0 aromatic carbocycles. The number of hydrogen-bond donors (Lipinski definition) is 1. The van der Waals surface area contributed by atoms with Gasteiger partial charge in [-0.25, -0.2) is 0 Å². The molecule has 1 saturated heterocycles. The quantitative estimate of drug-likeness (QED) is 0.713. The highest BCUT2D eigenvalue weighted by atomic mass is 16.5. The normalized spacial score (nSPS) is 25.8. The topological polar surface area (TPSA) is 33.7 Å². The van der Waals surface area contributed by atoms with Crippen molar-refractivity contribution in [3.05, 3.63) is 0 Å². The standard InChI is InChI=1S/C14H30N2O2/c1-6-14(7-2,10-15-3)11-16-8-12(17-4)13(9-16)18-5/h12-13,15H,6-11H2,1-5H3. The first-order valence-electron chi connectivity index (χ1n) is 7.07. The van der Waals surface area contributed by atoms with E-state index in [1.807, 2.05) is 7.05 Å². The predicted octanol–water partition coefficient (Wildman–Crippen LogP) is 1.36. The van der Waals surface area contributed by atoms with E-state index in [4.69, 9.17) is 9.47 Å². The maximum absolute atomic E-state index is 5.50. The molecule has 4 heteroatoms. The molecule has 0 saturated carbocycles. The minimum atomic E-state index is 0.219. The van der Waals surface area contributed by atoms with Gasteiger partial charge >= 0.3 is 0 Å². The zero-order chi connectivity index (χ0) is 13.6. The molecule has 0 aromatic heterocycles. The molecule has 4 nitrogen and oxygen atoms in total. The van der Waals surface area contributed by atoms with Crippen LogP contribution in [0.5, 0.6) is 0 Å². The first kappa shape index (κ1) is 15.9. The van der Waals surface area contributed by atoms with Crippen LogP contribution in [0, 0.1) is 5.41 Å². The second kappa shape index (κ2) is 7.43. The van der Waals surface area contributed by atoms with Crippen molar-refractivity contribution in [3.8, 4) is 0 Å². The first-order valence-corrected chi connectivity index (χ1v) is 7.07. The molecule has 2 atom stereocenters. The maximum Gasteiger partial charge on any atom is 0.0971 e. The monoisotopic (exact) mass is 258 g/mol. The van der Waals surface area contributed by atoms with Gasteiger partial charge < -0.3 is 14.8 Å². The van der Waals surface area contributed by atoms with Gasteiger partial charge in [0.1, 0.15) is 0 Å². The van der Waals surface area contributed by atoms with Crippen molar-refractivity contribution in [1.29, 1.82) is 0 Å². The van der Waals surface area contributed by atoms with Gasteiger partial charge in [-0.1, -0.05) is 13.8 Å². The molecule has 1 fully saturated rings. The summed E-state index contributed by atoms with van der Waals surface area (Å²) in [5.41, 5.74) is 0.371. The van der Waals surface area contributed by atoms with Gasteiger partial charge in [0, 0.05) is 40.4 Å². The average Bonchev–Trinajstić information content (AvgIpc) is 2.80. The molecule has 1 aliphatic rings. The maximum atomic E-state index is 5.50. The van der Waals surface area contributed by atoms with Crippen LogP contribution >= 0.6 is 0 Å². The predicted molar refractivity (Wildman–Crippen MR) is 75.0 cm³/mol. The molecular weight excluding hydrogens is 228 g/mol. The van der Waals surface area contributed by atoms with Crippen LogP contribution in [-0.4, -0.2) is 64.6 Å². The van der Waals surface area contributed by atoms with Crippen LogP contribution in [-0.2, 0) is 9.47 Å². The van der Waals surface area contributed by atoms with Crippen LogP contribution < -0.4 is 5.32 Å². The Labute approximate surface area is 112 Å². The van der Waals surface area contributed by atoms with E-state index < -0.39 is 0 Å². The molecule has 1 N–H and O–H groups in total. The van der Waals surface area contributed by atoms with Crippen LogP contribution in [0.4, 0.5) is 0 Å². The van der Waals surface area contributed by atoms with Crippen molar-refractivity contribution in [1.82, 2.24) is 10.2 Å². The third kappa shape index (κ3) is 3.67. The summed E-state index contributed by atoms with van der Waals surface area (Å²) in [6.07, 6.45) is 2.85. The number of likely N-dealkylation sites (tertiary alicyclic amines) is 1. The van der Waals surface area contributed by atoms with E-state index in [-0.39, 0.29) is 12.2 Å². The molecule has 18 heavy (non-hydrogen) atoms. The number of nitrogens with one attached hydrogen (secondary N) is 1. The van der Waals surface area contributed by atoms with Gasteiger partial charge in [0.15, 0.2) is 0 Å². The summed E-state index contributed by atoms with van der Waals surface area (Å²) in [5, 5.41) is 3.35. The zero-order valence-corrected chi connectivity index (χ0v) is 12.7. The largest absolute Gasteiger partial charge is 0.377 e. The molecule has 2 unspecified atom stereocenters. The Kier molecular flexibility index (Phi) is 6.57. The average molecular weight is 258 g/mol. The summed E-state index contributed by atoms with van der Waals surface area (Å²) >= 11 is 0. The minimum Gasteiger partial charge on any atom is -0.377 e. The molecular formula is C14H30N2O2. The summed E-state index contributed by atoms with van der Waals surface area (Å²) < 4.78 is 11.0. The van der Waals surface area contributed by atoms with E-state index in [0.717, 1.165) is 26.2 Å². The summed E-state index contributed by atoms with van der Waals surface area (Å²) in [6.45, 7) is 8.75. The lowest BCUT2D eigenvalue weighted by Crippen LogP contribution is -2.42. The number of nitrogens with zero attached hydrogens (tertiary/aromatic N) is 1. The molecule has 1 heterocycles. The fraction of sp³-hybridized carbons (Fsp3) is 1.00. The fourth-order valence-corrected chi connectivity index (χ4v) is 3.03. The van der Waals surface area contributed by atoms with Gasteiger partial charge in [-0.2, -0.15) is 0 Å². The van der Waals surface area contributed by atoms with Crippen LogP contribution in [0.2, 0.25) is 0 Å². The second-order valence-corrected chi connectivity index (χ2v) is 5.48. The number of rotatable bonds is 8. The third-order valence-corrected chi connectivity index (χ3v) is 4.51. The lowest BCUT2D eigenvalue weighted by molar-refractivity contribution is -0.00461. The Morgan fingerprint density at radius 2 is 1.61 bits per heavy atom. The molecule has 0 bridgehead atoms. The molecule has 0 aliphatic carbocycles. The Balaban J connectivity index is 2.60. The molecule has 1 rings (SSSR count). The Morgan fingerprint density at radius 1 is 1.11 bits per heavy atom. The SMILES string of the molecule is CCC(CC)(CNC)CN1CC(OC)C(OC)C1. The van der Waals surface area contributed by atoms with Crippen molar-refractivity contribution in [2.45, 2.75) is 38.9 Å². The molecule has 0 amide bonds. The Bertz CT molecular complexity index is 220. The van der Waals surface area contributed by atoms with Gasteiger partial charge in [-0.15, -0.1) is 0 Å². The van der Waals surface area contributed by atoms with Gasteiger partial charge in [-0.3, -0.25) is 4.90 Å². The lowest BCUT2D eigenvalue weighted by atomic mass is 9.81. The number of ether oxygens (including phenoxy) is 2. The smallest absolute Gasteiger partial charge is 0.0971 e. The Morgan fingerprint density at radius 3 is 1.94 bits per heavy atom. The van der Waals surface area contributed by atoms with Crippen LogP contribution in [0.1, 0.15) is 26.7 Å². The number of hydrogen-bond acceptors (Lipinski definition) is 4. The van der Waals surface area contributed by atoms with E-state index in [2.05, 4.69) is 24.1 Å². The van der Waals surface area contributed by atoms with Crippen LogP contribution in [0.3, 0.4) is 0 Å². The van der Waals surface area contributed by atoms with E-state index in [1.165, 1.54) is 12.8 Å². The molecule has 1 aliphatic heterocycles. The lowest BCUT2D eigenvalue weighted by Gasteiger charge is -2.35. The van der Waals surface area contributed by atoms with Gasteiger partial charge in [-0.05, 0) is 25.3 Å². The molecule has 0 spiro atoms. The molecule has 0 radical (unpaired) electrons. The highest BCUT2D eigenvalue weighted by Gasteiger charge is 2.37.